The number of hydrogen-bond acceptors (Lipinski definition) is 3. The molecule has 1 saturated heterocycles. The number of nitrogens with zero attached hydrogens (tertiary/aromatic N) is 2. The van der Waals surface area contributed by atoms with E-state index in [9.17, 15) is 5.11 Å². The lowest BCUT2D eigenvalue weighted by Crippen LogP contribution is -2.57. The van der Waals surface area contributed by atoms with Crippen molar-refractivity contribution in [2.24, 2.45) is 0 Å². The van der Waals surface area contributed by atoms with Crippen LogP contribution in [0.3, 0.4) is 0 Å². The van der Waals surface area contributed by atoms with Crippen molar-refractivity contribution in [2.75, 3.05) is 31.5 Å². The monoisotopic (exact) mass is 401 g/mol. The fraction of sp³-hybridized carbons (Fsp3) is 0.381. The van der Waals surface area contributed by atoms with Gasteiger partial charge in [-0.15, -0.1) is 0 Å². The second-order valence-electron chi connectivity index (χ2n) is 7.21. The lowest BCUT2D eigenvalue weighted by atomic mass is 9.89. The fourth-order valence-corrected chi connectivity index (χ4v) is 4.56. The first-order chi connectivity index (χ1) is 13.1. The van der Waals surface area contributed by atoms with Gasteiger partial charge in [-0.1, -0.05) is 48.4 Å². The zero-order chi connectivity index (χ0) is 18.9. The molecule has 4 nitrogen and oxygen atoms in total. The predicted octanol–water partition coefficient (Wildman–Crippen LogP) is 4.03. The Morgan fingerprint density at radius 2 is 1.78 bits per heavy atom. The lowest BCUT2D eigenvalue weighted by Gasteiger charge is -2.47. The maximum atomic E-state index is 12.0. The van der Waals surface area contributed by atoms with Crippen LogP contribution in [-0.4, -0.2) is 46.2 Å². The summed E-state index contributed by atoms with van der Waals surface area (Å²) in [4.78, 5) is 4.34. The molecule has 0 saturated carbocycles. The highest BCUT2D eigenvalue weighted by Crippen LogP contribution is 2.42. The van der Waals surface area contributed by atoms with Crippen LogP contribution in [0.25, 0.3) is 0 Å². The van der Waals surface area contributed by atoms with E-state index in [1.165, 1.54) is 19.3 Å². The topological polar surface area (TPSA) is 38.7 Å². The molecule has 0 aliphatic carbocycles. The largest absolute Gasteiger partial charge is 0.363 e. The van der Waals surface area contributed by atoms with Crippen molar-refractivity contribution in [2.45, 2.75) is 25.0 Å². The molecular formula is C21H24ClN3OS. The number of piperidine rings is 1. The number of likely N-dealkylation sites (tertiary alicyclic amines) is 1. The molecule has 0 radical (unpaired) electrons. The van der Waals surface area contributed by atoms with E-state index in [4.69, 9.17) is 23.8 Å². The summed E-state index contributed by atoms with van der Waals surface area (Å²) >= 11 is 11.9. The Morgan fingerprint density at radius 3 is 2.52 bits per heavy atom. The summed E-state index contributed by atoms with van der Waals surface area (Å²) in [5, 5.41) is 16.4. The van der Waals surface area contributed by atoms with E-state index in [0.29, 0.717) is 16.7 Å². The summed E-state index contributed by atoms with van der Waals surface area (Å²) in [7, 11) is 0. The maximum absolute atomic E-state index is 12.0. The highest BCUT2D eigenvalue weighted by molar-refractivity contribution is 7.80. The van der Waals surface area contributed by atoms with Crippen molar-refractivity contribution < 1.29 is 5.11 Å². The average molecular weight is 402 g/mol. The van der Waals surface area contributed by atoms with Gasteiger partial charge in [-0.2, -0.15) is 0 Å². The highest BCUT2D eigenvalue weighted by atomic mass is 35.5. The predicted molar refractivity (Wildman–Crippen MR) is 114 cm³/mol. The van der Waals surface area contributed by atoms with Gasteiger partial charge < -0.3 is 20.2 Å². The molecule has 2 aromatic rings. The summed E-state index contributed by atoms with van der Waals surface area (Å²) in [6, 6.07) is 15.2. The van der Waals surface area contributed by atoms with Crippen LogP contribution in [0.2, 0.25) is 5.02 Å². The van der Waals surface area contributed by atoms with E-state index >= 15 is 0 Å². The van der Waals surface area contributed by atoms with Gasteiger partial charge in [0.2, 0.25) is 0 Å². The molecule has 27 heavy (non-hydrogen) atoms. The minimum atomic E-state index is -1.35. The van der Waals surface area contributed by atoms with Crippen LogP contribution in [0, 0.1) is 0 Å². The quantitative estimate of drug-likeness (QED) is 0.757. The number of nitrogens with one attached hydrogen (secondary N) is 1. The Kier molecular flexibility index (Phi) is 5.37. The molecule has 1 fully saturated rings. The van der Waals surface area contributed by atoms with Crippen LogP contribution in [0.5, 0.6) is 0 Å². The normalized spacial score (nSPS) is 23.0. The Bertz CT molecular complexity index is 825. The zero-order valence-corrected chi connectivity index (χ0v) is 16.8. The third kappa shape index (κ3) is 3.57. The SMILES string of the molecule is OC1(c2ccccc2)c2cc(Cl)ccc2NC(=S)N1CCN1CCCCC1. The summed E-state index contributed by atoms with van der Waals surface area (Å²) in [5.74, 6) is 0. The number of rotatable bonds is 4. The van der Waals surface area contributed by atoms with E-state index in [1.54, 1.807) is 0 Å². The van der Waals surface area contributed by atoms with Gasteiger partial charge >= 0.3 is 0 Å². The maximum Gasteiger partial charge on any atom is 0.195 e. The van der Waals surface area contributed by atoms with Crippen LogP contribution in [-0.2, 0) is 5.72 Å². The summed E-state index contributed by atoms with van der Waals surface area (Å²) in [6.45, 7) is 3.73. The van der Waals surface area contributed by atoms with Gasteiger partial charge in [-0.05, 0) is 56.3 Å². The number of benzene rings is 2. The molecule has 2 heterocycles. The molecule has 1 atom stereocenters. The van der Waals surface area contributed by atoms with Gasteiger partial charge in [-0.25, -0.2) is 0 Å². The van der Waals surface area contributed by atoms with Gasteiger partial charge in [0.15, 0.2) is 10.8 Å². The third-order valence-electron chi connectivity index (χ3n) is 5.50. The number of hydrogen-bond donors (Lipinski definition) is 2. The van der Waals surface area contributed by atoms with Crippen molar-refractivity contribution in [1.29, 1.82) is 0 Å². The molecule has 0 spiro atoms. The average Bonchev–Trinajstić information content (AvgIpc) is 2.70. The van der Waals surface area contributed by atoms with Gasteiger partial charge in [0.1, 0.15) is 0 Å². The van der Waals surface area contributed by atoms with Crippen molar-refractivity contribution in [3.8, 4) is 0 Å². The van der Waals surface area contributed by atoms with Crippen molar-refractivity contribution >= 4 is 34.6 Å². The zero-order valence-electron chi connectivity index (χ0n) is 15.2. The molecule has 0 bridgehead atoms. The highest BCUT2D eigenvalue weighted by Gasteiger charge is 2.44. The van der Waals surface area contributed by atoms with E-state index < -0.39 is 5.72 Å². The van der Waals surface area contributed by atoms with Gasteiger partial charge in [0.05, 0.1) is 0 Å². The molecule has 2 aliphatic rings. The molecule has 2 aliphatic heterocycles. The van der Waals surface area contributed by atoms with Gasteiger partial charge in [0.25, 0.3) is 0 Å². The fourth-order valence-electron chi connectivity index (χ4n) is 4.06. The van der Waals surface area contributed by atoms with Gasteiger partial charge in [-0.3, -0.25) is 0 Å². The molecule has 1 unspecified atom stereocenters. The van der Waals surface area contributed by atoms with Crippen molar-refractivity contribution in [1.82, 2.24) is 9.80 Å². The van der Waals surface area contributed by atoms with Crippen LogP contribution < -0.4 is 5.32 Å². The number of aliphatic hydroxyl groups is 1. The van der Waals surface area contributed by atoms with E-state index in [1.807, 2.05) is 53.4 Å². The first-order valence-electron chi connectivity index (χ1n) is 9.48. The molecule has 4 rings (SSSR count). The van der Waals surface area contributed by atoms with Crippen LogP contribution in [0.1, 0.15) is 30.4 Å². The number of halogens is 1. The van der Waals surface area contributed by atoms with Crippen molar-refractivity contribution in [3.63, 3.8) is 0 Å². The molecule has 6 heteroatoms. The smallest absolute Gasteiger partial charge is 0.195 e. The molecule has 2 N–H and O–H groups in total. The number of fused-ring (bicyclic) bond motifs is 1. The van der Waals surface area contributed by atoms with Crippen LogP contribution in [0.15, 0.2) is 48.5 Å². The molecule has 0 amide bonds. The first kappa shape index (κ1) is 18.7. The Hall–Kier alpha value is -1.66. The second-order valence-corrected chi connectivity index (χ2v) is 8.04. The van der Waals surface area contributed by atoms with E-state index in [2.05, 4.69) is 10.2 Å². The molecule has 2 aromatic carbocycles. The minimum Gasteiger partial charge on any atom is -0.363 e. The molecular weight excluding hydrogens is 378 g/mol. The third-order valence-corrected chi connectivity index (χ3v) is 6.06. The summed E-state index contributed by atoms with van der Waals surface area (Å²) in [6.07, 6.45) is 3.79. The van der Waals surface area contributed by atoms with E-state index in [0.717, 1.165) is 36.4 Å². The molecule has 142 valence electrons. The Labute approximate surface area is 170 Å². The minimum absolute atomic E-state index is 0.535. The van der Waals surface area contributed by atoms with Crippen molar-refractivity contribution in [3.05, 3.63) is 64.7 Å². The van der Waals surface area contributed by atoms with Crippen LogP contribution in [0.4, 0.5) is 5.69 Å². The Balaban J connectivity index is 1.72. The van der Waals surface area contributed by atoms with E-state index in [-0.39, 0.29) is 0 Å². The standard InChI is InChI=1S/C21H24ClN3OS/c22-17-9-10-19-18(15-17)21(26,16-7-3-1-4-8-16)25(20(27)23-19)14-13-24-11-5-2-6-12-24/h1,3-4,7-10,15,26H,2,5-6,11-14H2,(H,23,27). The number of thiocarbonyl (C=S) groups is 1. The lowest BCUT2D eigenvalue weighted by molar-refractivity contribution is -0.0419. The Morgan fingerprint density at radius 1 is 1.04 bits per heavy atom. The summed E-state index contributed by atoms with van der Waals surface area (Å²) < 4.78 is 0. The first-order valence-corrected chi connectivity index (χ1v) is 10.3. The van der Waals surface area contributed by atoms with Gasteiger partial charge in [0, 0.05) is 34.9 Å². The molecule has 0 aromatic heterocycles. The summed E-state index contributed by atoms with van der Waals surface area (Å²) in [5.41, 5.74) is 0.967. The van der Waals surface area contributed by atoms with Crippen LogP contribution >= 0.6 is 23.8 Å². The number of anilines is 1. The second kappa shape index (κ2) is 7.76.